The fraction of sp³-hybridized carbons (Fsp3) is 0.467. The van der Waals surface area contributed by atoms with Gasteiger partial charge in [0.2, 0.25) is 0 Å². The van der Waals surface area contributed by atoms with Crippen LogP contribution in [0.3, 0.4) is 0 Å². The predicted molar refractivity (Wildman–Crippen MR) is 80.8 cm³/mol. The van der Waals surface area contributed by atoms with Crippen LogP contribution in [0.5, 0.6) is 0 Å². The minimum absolute atomic E-state index is 0.516. The molecule has 0 radical (unpaired) electrons. The quantitative estimate of drug-likeness (QED) is 0.839. The highest BCUT2D eigenvalue weighted by Crippen LogP contribution is 2.28. The molecule has 0 saturated carbocycles. The van der Waals surface area contributed by atoms with Crippen LogP contribution in [0.2, 0.25) is 0 Å². The predicted octanol–water partition coefficient (Wildman–Crippen LogP) is 3.36. The van der Waals surface area contributed by atoms with Gasteiger partial charge in [-0.25, -0.2) is 0 Å². The van der Waals surface area contributed by atoms with E-state index in [9.17, 15) is 0 Å². The molecule has 1 heterocycles. The van der Waals surface area contributed by atoms with Crippen LogP contribution in [-0.2, 0) is 0 Å². The number of nitrogens with one attached hydrogen (secondary N) is 1. The van der Waals surface area contributed by atoms with Crippen molar-refractivity contribution in [2.24, 2.45) is 0 Å². The lowest BCUT2D eigenvalue weighted by molar-refractivity contribution is 0.166. The number of rotatable bonds is 5. The second kappa shape index (κ2) is 7.07. The Bertz CT molecular complexity index is 386. The molecule has 0 spiro atoms. The van der Waals surface area contributed by atoms with Crippen molar-refractivity contribution in [2.45, 2.75) is 18.9 Å². The number of hydrogen-bond donors (Lipinski definition) is 1. The van der Waals surface area contributed by atoms with Gasteiger partial charge in [-0.3, -0.25) is 4.90 Å². The Labute approximate surface area is 118 Å². The standard InChI is InChI=1S/C15H21BrN2/c1-2-3-7-15(18-10-8-17-9-11-18)13-5-4-6-14(16)12-13/h2,4-6,12,15,17H,1,3,7-11H2/t15-/m1/s1. The topological polar surface area (TPSA) is 15.3 Å². The summed E-state index contributed by atoms with van der Waals surface area (Å²) in [6, 6.07) is 9.22. The zero-order valence-electron chi connectivity index (χ0n) is 10.7. The van der Waals surface area contributed by atoms with Gasteiger partial charge in [-0.05, 0) is 30.5 Å². The van der Waals surface area contributed by atoms with Crippen LogP contribution in [-0.4, -0.2) is 31.1 Å². The molecule has 98 valence electrons. The highest BCUT2D eigenvalue weighted by Gasteiger charge is 2.21. The van der Waals surface area contributed by atoms with Crippen molar-refractivity contribution in [1.29, 1.82) is 0 Å². The zero-order valence-corrected chi connectivity index (χ0v) is 12.3. The van der Waals surface area contributed by atoms with E-state index in [1.807, 2.05) is 6.08 Å². The Morgan fingerprint density at radius 1 is 1.39 bits per heavy atom. The third-order valence-electron chi connectivity index (χ3n) is 3.47. The zero-order chi connectivity index (χ0) is 12.8. The van der Waals surface area contributed by atoms with Gasteiger partial charge in [-0.1, -0.05) is 34.1 Å². The maximum absolute atomic E-state index is 3.85. The number of benzene rings is 1. The molecule has 0 bridgehead atoms. The maximum Gasteiger partial charge on any atom is 0.0352 e. The Morgan fingerprint density at radius 2 is 2.17 bits per heavy atom. The Hall–Kier alpha value is -0.640. The van der Waals surface area contributed by atoms with Crippen molar-refractivity contribution in [2.75, 3.05) is 26.2 Å². The highest BCUT2D eigenvalue weighted by molar-refractivity contribution is 9.10. The number of nitrogens with zero attached hydrogens (tertiary/aromatic N) is 1. The van der Waals surface area contributed by atoms with Crippen LogP contribution >= 0.6 is 15.9 Å². The van der Waals surface area contributed by atoms with Gasteiger partial charge in [0.05, 0.1) is 0 Å². The van der Waals surface area contributed by atoms with E-state index in [4.69, 9.17) is 0 Å². The summed E-state index contributed by atoms with van der Waals surface area (Å²) in [6.45, 7) is 8.31. The normalized spacial score (nSPS) is 18.5. The Balaban J connectivity index is 2.15. The van der Waals surface area contributed by atoms with E-state index < -0.39 is 0 Å². The van der Waals surface area contributed by atoms with Crippen LogP contribution in [0.25, 0.3) is 0 Å². The lowest BCUT2D eigenvalue weighted by atomic mass is 9.99. The molecule has 0 unspecified atom stereocenters. The van der Waals surface area contributed by atoms with E-state index >= 15 is 0 Å². The number of halogens is 1. The van der Waals surface area contributed by atoms with Crippen molar-refractivity contribution in [3.63, 3.8) is 0 Å². The van der Waals surface area contributed by atoms with Crippen LogP contribution in [0.1, 0.15) is 24.4 Å². The first-order valence-corrected chi connectivity index (χ1v) is 7.41. The van der Waals surface area contributed by atoms with E-state index in [1.54, 1.807) is 0 Å². The molecule has 1 saturated heterocycles. The first-order chi connectivity index (χ1) is 8.81. The summed E-state index contributed by atoms with van der Waals surface area (Å²) < 4.78 is 1.17. The van der Waals surface area contributed by atoms with Crippen LogP contribution in [0.15, 0.2) is 41.4 Å². The largest absolute Gasteiger partial charge is 0.314 e. The minimum Gasteiger partial charge on any atom is -0.314 e. The van der Waals surface area contributed by atoms with Gasteiger partial charge in [-0.2, -0.15) is 0 Å². The summed E-state index contributed by atoms with van der Waals surface area (Å²) in [4.78, 5) is 2.59. The van der Waals surface area contributed by atoms with E-state index in [0.717, 1.165) is 39.0 Å². The van der Waals surface area contributed by atoms with Crippen LogP contribution in [0, 0.1) is 0 Å². The second-order valence-corrected chi connectivity index (χ2v) is 5.64. The molecule has 2 nitrogen and oxygen atoms in total. The van der Waals surface area contributed by atoms with Crippen molar-refractivity contribution in [1.82, 2.24) is 10.2 Å². The summed E-state index contributed by atoms with van der Waals surface area (Å²) in [5, 5.41) is 3.42. The van der Waals surface area contributed by atoms with E-state index in [0.29, 0.717) is 6.04 Å². The minimum atomic E-state index is 0.516. The van der Waals surface area contributed by atoms with E-state index in [2.05, 4.69) is 57.0 Å². The maximum atomic E-state index is 3.85. The average molecular weight is 309 g/mol. The van der Waals surface area contributed by atoms with Gasteiger partial charge >= 0.3 is 0 Å². The van der Waals surface area contributed by atoms with Gasteiger partial charge in [0.25, 0.3) is 0 Å². The molecule has 2 rings (SSSR count). The molecule has 1 fully saturated rings. The Morgan fingerprint density at radius 3 is 2.83 bits per heavy atom. The van der Waals surface area contributed by atoms with E-state index in [1.165, 1.54) is 10.0 Å². The molecule has 0 aliphatic carbocycles. The molecule has 1 aromatic carbocycles. The third kappa shape index (κ3) is 3.67. The number of allylic oxidation sites excluding steroid dienone is 1. The SMILES string of the molecule is C=CCC[C@H](c1cccc(Br)c1)N1CCNCC1. The van der Waals surface area contributed by atoms with Gasteiger partial charge < -0.3 is 5.32 Å². The first kappa shape index (κ1) is 13.8. The molecular weight excluding hydrogens is 288 g/mol. The fourth-order valence-electron chi connectivity index (χ4n) is 2.54. The monoisotopic (exact) mass is 308 g/mol. The van der Waals surface area contributed by atoms with Crippen molar-refractivity contribution in [3.8, 4) is 0 Å². The molecule has 0 aromatic heterocycles. The van der Waals surface area contributed by atoms with Gasteiger partial charge in [0.1, 0.15) is 0 Å². The van der Waals surface area contributed by atoms with Gasteiger partial charge in [-0.15, -0.1) is 6.58 Å². The Kier molecular flexibility index (Phi) is 5.42. The summed E-state index contributed by atoms with van der Waals surface area (Å²) in [5.74, 6) is 0. The van der Waals surface area contributed by atoms with Crippen molar-refractivity contribution >= 4 is 15.9 Å². The molecule has 3 heteroatoms. The highest BCUT2D eigenvalue weighted by atomic mass is 79.9. The van der Waals surface area contributed by atoms with Gasteiger partial charge in [0.15, 0.2) is 0 Å². The molecule has 1 aliphatic rings. The third-order valence-corrected chi connectivity index (χ3v) is 3.96. The van der Waals surface area contributed by atoms with E-state index in [-0.39, 0.29) is 0 Å². The summed E-state index contributed by atoms with van der Waals surface area (Å²) >= 11 is 3.57. The van der Waals surface area contributed by atoms with Crippen LogP contribution in [0.4, 0.5) is 0 Å². The van der Waals surface area contributed by atoms with Crippen LogP contribution < -0.4 is 5.32 Å². The first-order valence-electron chi connectivity index (χ1n) is 6.62. The summed E-state index contributed by atoms with van der Waals surface area (Å²) in [7, 11) is 0. The lowest BCUT2D eigenvalue weighted by Crippen LogP contribution is -2.45. The number of piperazine rings is 1. The average Bonchev–Trinajstić information content (AvgIpc) is 2.40. The lowest BCUT2D eigenvalue weighted by Gasteiger charge is -2.35. The number of hydrogen-bond acceptors (Lipinski definition) is 2. The molecule has 1 aliphatic heterocycles. The molecule has 1 aromatic rings. The molecular formula is C15H21BrN2. The molecule has 1 atom stereocenters. The van der Waals surface area contributed by atoms with Crippen molar-refractivity contribution in [3.05, 3.63) is 47.0 Å². The molecule has 1 N–H and O–H groups in total. The summed E-state index contributed by atoms with van der Waals surface area (Å²) in [6.07, 6.45) is 4.24. The smallest absolute Gasteiger partial charge is 0.0352 e. The summed E-state index contributed by atoms with van der Waals surface area (Å²) in [5.41, 5.74) is 1.41. The fourth-order valence-corrected chi connectivity index (χ4v) is 2.96. The van der Waals surface area contributed by atoms with Gasteiger partial charge in [0, 0.05) is 36.7 Å². The van der Waals surface area contributed by atoms with Crippen molar-refractivity contribution < 1.29 is 0 Å². The second-order valence-electron chi connectivity index (χ2n) is 4.72. The molecule has 0 amide bonds. The molecule has 18 heavy (non-hydrogen) atoms.